The zero-order chi connectivity index (χ0) is 20.5. The molecule has 0 aromatic heterocycles. The Kier molecular flexibility index (Phi) is 15.5. The molecule has 0 spiro atoms. The molecule has 0 aliphatic rings. The molecule has 0 unspecified atom stereocenters. The number of hydrogen-bond acceptors (Lipinski definition) is 4. The Morgan fingerprint density at radius 2 is 0.414 bits per heavy atom. The number of aromatic hydroxyl groups is 4. The first kappa shape index (κ1) is 26.1. The summed E-state index contributed by atoms with van der Waals surface area (Å²) < 4.78 is 0. The van der Waals surface area contributed by atoms with Crippen LogP contribution in [0.15, 0.2) is 121 Å². The van der Waals surface area contributed by atoms with Gasteiger partial charge >= 0.3 is 0 Å². The van der Waals surface area contributed by atoms with Crippen molar-refractivity contribution >= 4 is 29.6 Å². The maximum Gasteiger partial charge on any atom is 0.115 e. The Bertz CT molecular complexity index is 693. The Morgan fingerprint density at radius 1 is 0.276 bits per heavy atom. The monoisotopic (exact) mass is 399 g/mol. The van der Waals surface area contributed by atoms with Crippen LogP contribution in [-0.2, 0) is 0 Å². The van der Waals surface area contributed by atoms with Crippen molar-refractivity contribution < 1.29 is 20.4 Å². The van der Waals surface area contributed by atoms with Crippen LogP contribution in [0.2, 0.25) is 0 Å². The van der Waals surface area contributed by atoms with Crippen LogP contribution in [0, 0.1) is 0 Å². The maximum atomic E-state index is 8.63. The van der Waals surface area contributed by atoms with Crippen molar-refractivity contribution in [3.63, 3.8) is 0 Å². The first-order valence-corrected chi connectivity index (χ1v) is 8.54. The first-order valence-electron chi connectivity index (χ1n) is 8.54. The van der Waals surface area contributed by atoms with E-state index in [1.807, 2.05) is 24.3 Å². The summed E-state index contributed by atoms with van der Waals surface area (Å²) in [5, 5.41) is 34.5. The third-order valence-corrected chi connectivity index (χ3v) is 3.02. The second kappa shape index (κ2) is 17.2. The molecule has 4 N–H and O–H groups in total. The van der Waals surface area contributed by atoms with Crippen molar-refractivity contribution in [1.29, 1.82) is 0 Å². The largest absolute Gasteiger partial charge is 0.508 e. The molecular weight excluding hydrogens is 375 g/mol. The van der Waals surface area contributed by atoms with Crippen molar-refractivity contribution in [2.75, 3.05) is 0 Å². The summed E-state index contributed by atoms with van der Waals surface area (Å²) in [5.41, 5.74) is 0. The summed E-state index contributed by atoms with van der Waals surface area (Å²) in [5.74, 6) is 1.29. The van der Waals surface area contributed by atoms with Gasteiger partial charge in [0.15, 0.2) is 0 Å². The van der Waals surface area contributed by atoms with Gasteiger partial charge in [-0.05, 0) is 48.5 Å². The summed E-state index contributed by atoms with van der Waals surface area (Å²) in [6.45, 7) is 0. The fourth-order valence-electron chi connectivity index (χ4n) is 1.71. The van der Waals surface area contributed by atoms with E-state index < -0.39 is 0 Å². The number of phenols is 4. The topological polar surface area (TPSA) is 80.9 Å². The van der Waals surface area contributed by atoms with E-state index in [-0.39, 0.29) is 29.6 Å². The van der Waals surface area contributed by atoms with Gasteiger partial charge in [-0.15, -0.1) is 0 Å². The molecule has 145 valence electrons. The molecule has 29 heavy (non-hydrogen) atoms. The fraction of sp³-hybridized carbons (Fsp3) is 0. The van der Waals surface area contributed by atoms with Gasteiger partial charge in [0.1, 0.15) is 23.0 Å². The summed E-state index contributed by atoms with van der Waals surface area (Å²) in [4.78, 5) is 0. The summed E-state index contributed by atoms with van der Waals surface area (Å²) >= 11 is 0. The van der Waals surface area contributed by atoms with Crippen molar-refractivity contribution in [1.82, 2.24) is 0 Å². The van der Waals surface area contributed by atoms with Crippen LogP contribution >= 0.6 is 0 Å². The molecule has 0 bridgehead atoms. The molecule has 0 fully saturated rings. The van der Waals surface area contributed by atoms with Crippen LogP contribution in [0.25, 0.3) is 0 Å². The number of phenolic OH excluding ortho intramolecular Hbond substituents is 4. The van der Waals surface area contributed by atoms with Gasteiger partial charge in [-0.2, -0.15) is 0 Å². The Hall–Kier alpha value is -2.92. The Balaban J connectivity index is 0.000000356. The molecule has 0 atom stereocenters. The van der Waals surface area contributed by atoms with Gasteiger partial charge in [0.05, 0.1) is 0 Å². The van der Waals surface area contributed by atoms with Crippen LogP contribution in [0.5, 0.6) is 23.0 Å². The molecule has 0 saturated carbocycles. The quantitative estimate of drug-likeness (QED) is 0.307. The third-order valence-electron chi connectivity index (χ3n) is 3.02. The molecule has 4 rings (SSSR count). The number of rotatable bonds is 0. The van der Waals surface area contributed by atoms with Crippen LogP contribution in [0.3, 0.4) is 0 Å². The SMILES string of the molecule is Oc1ccccc1.Oc1ccccc1.Oc1ccccc1.Oc1ccccc1.[Na]. The average Bonchev–Trinajstić information content (AvgIpc) is 2.72. The minimum absolute atomic E-state index is 0. The van der Waals surface area contributed by atoms with Gasteiger partial charge < -0.3 is 20.4 Å². The van der Waals surface area contributed by atoms with Crippen LogP contribution in [0.4, 0.5) is 0 Å². The average molecular weight is 399 g/mol. The van der Waals surface area contributed by atoms with E-state index in [9.17, 15) is 0 Å². The number of para-hydroxylation sites is 4. The van der Waals surface area contributed by atoms with E-state index in [2.05, 4.69) is 0 Å². The summed E-state index contributed by atoms with van der Waals surface area (Å²) in [6, 6.07) is 34.9. The fourth-order valence-corrected chi connectivity index (χ4v) is 1.71. The van der Waals surface area contributed by atoms with E-state index in [0.29, 0.717) is 23.0 Å². The molecule has 0 amide bonds. The zero-order valence-electron chi connectivity index (χ0n) is 16.3. The van der Waals surface area contributed by atoms with Crippen molar-refractivity contribution in [2.24, 2.45) is 0 Å². The van der Waals surface area contributed by atoms with E-state index in [1.165, 1.54) is 0 Å². The van der Waals surface area contributed by atoms with Gasteiger partial charge in [0.25, 0.3) is 0 Å². The second-order valence-corrected chi connectivity index (χ2v) is 5.34. The van der Waals surface area contributed by atoms with Gasteiger partial charge in [0, 0.05) is 29.6 Å². The van der Waals surface area contributed by atoms with Crippen molar-refractivity contribution in [2.45, 2.75) is 0 Å². The molecule has 0 aliphatic heterocycles. The number of hydrogen-bond donors (Lipinski definition) is 4. The molecule has 4 aromatic rings. The Morgan fingerprint density at radius 3 is 0.483 bits per heavy atom. The maximum absolute atomic E-state index is 8.63. The molecule has 4 aromatic carbocycles. The minimum Gasteiger partial charge on any atom is -0.508 e. The standard InChI is InChI=1S/4C6H6O.Na/c4*7-6-4-2-1-3-5-6;/h4*1-5,7H;. The van der Waals surface area contributed by atoms with Crippen molar-refractivity contribution in [3.05, 3.63) is 121 Å². The van der Waals surface area contributed by atoms with Crippen LogP contribution in [-0.4, -0.2) is 50.0 Å². The third kappa shape index (κ3) is 15.8. The van der Waals surface area contributed by atoms with E-state index in [1.54, 1.807) is 97.1 Å². The number of benzene rings is 4. The van der Waals surface area contributed by atoms with Gasteiger partial charge in [-0.1, -0.05) is 72.8 Å². The summed E-state index contributed by atoms with van der Waals surface area (Å²) in [7, 11) is 0. The Labute approximate surface area is 193 Å². The molecule has 5 heteroatoms. The molecule has 0 aliphatic carbocycles. The van der Waals surface area contributed by atoms with Gasteiger partial charge in [0.2, 0.25) is 0 Å². The predicted molar refractivity (Wildman–Crippen MR) is 118 cm³/mol. The second-order valence-electron chi connectivity index (χ2n) is 5.34. The van der Waals surface area contributed by atoms with E-state index in [4.69, 9.17) is 20.4 Å². The van der Waals surface area contributed by atoms with Crippen LogP contribution < -0.4 is 0 Å². The molecule has 1 radical (unpaired) electrons. The minimum atomic E-state index is 0. The van der Waals surface area contributed by atoms with Crippen LogP contribution in [0.1, 0.15) is 0 Å². The van der Waals surface area contributed by atoms with E-state index >= 15 is 0 Å². The van der Waals surface area contributed by atoms with E-state index in [0.717, 1.165) is 0 Å². The van der Waals surface area contributed by atoms with Gasteiger partial charge in [-0.3, -0.25) is 0 Å². The molecular formula is C24H24NaO4. The van der Waals surface area contributed by atoms with Crippen molar-refractivity contribution in [3.8, 4) is 23.0 Å². The molecule has 0 heterocycles. The zero-order valence-corrected chi connectivity index (χ0v) is 18.3. The predicted octanol–water partition coefficient (Wildman–Crippen LogP) is 5.19. The smallest absolute Gasteiger partial charge is 0.115 e. The first-order chi connectivity index (χ1) is 13.6. The molecule has 4 nitrogen and oxygen atoms in total. The van der Waals surface area contributed by atoms with Gasteiger partial charge in [-0.25, -0.2) is 0 Å². The normalized spacial score (nSPS) is 8.28. The molecule has 0 saturated heterocycles. The summed E-state index contributed by atoms with van der Waals surface area (Å²) in [6.07, 6.45) is 0.